The van der Waals surface area contributed by atoms with Crippen molar-refractivity contribution in [1.82, 2.24) is 9.55 Å². The van der Waals surface area contributed by atoms with E-state index in [9.17, 15) is 8.42 Å². The number of aryl methyl sites for hydroxylation is 1. The molecule has 0 radical (unpaired) electrons. The van der Waals surface area contributed by atoms with Crippen LogP contribution in [0.2, 0.25) is 0 Å². The third kappa shape index (κ3) is 2.31. The molecule has 20 heavy (non-hydrogen) atoms. The van der Waals surface area contributed by atoms with Gasteiger partial charge in [0.05, 0.1) is 23.5 Å². The predicted molar refractivity (Wildman–Crippen MR) is 77.5 cm³/mol. The van der Waals surface area contributed by atoms with Gasteiger partial charge >= 0.3 is 0 Å². The van der Waals surface area contributed by atoms with Gasteiger partial charge in [-0.3, -0.25) is 0 Å². The highest BCUT2D eigenvalue weighted by Crippen LogP contribution is 2.31. The minimum atomic E-state index is -3.16. The number of hydrogen-bond acceptors (Lipinski definition) is 4. The molecule has 1 aliphatic heterocycles. The summed E-state index contributed by atoms with van der Waals surface area (Å²) in [7, 11) is -1.20. The van der Waals surface area contributed by atoms with Crippen LogP contribution in [0.4, 0.5) is 5.69 Å². The molecule has 1 aliphatic rings. The van der Waals surface area contributed by atoms with Gasteiger partial charge in [-0.05, 0) is 24.1 Å². The molecule has 0 saturated heterocycles. The molecule has 2 heterocycles. The van der Waals surface area contributed by atoms with Crippen LogP contribution in [-0.2, 0) is 29.9 Å². The standard InChI is InChI=1S/C14H17N3O2S/c1-16-10-15-8-12(16)9-17-6-5-11-3-4-13(7-14(11)17)20(2,18)19/h3-4,7-8,10H,5-6,9H2,1-2H3. The fourth-order valence-electron chi connectivity index (χ4n) is 2.55. The van der Waals surface area contributed by atoms with Crippen LogP contribution >= 0.6 is 0 Å². The molecule has 0 fully saturated rings. The van der Waals surface area contributed by atoms with Gasteiger partial charge < -0.3 is 9.47 Å². The van der Waals surface area contributed by atoms with E-state index in [4.69, 9.17) is 0 Å². The van der Waals surface area contributed by atoms with Gasteiger partial charge in [-0.1, -0.05) is 6.07 Å². The topological polar surface area (TPSA) is 55.2 Å². The van der Waals surface area contributed by atoms with Gasteiger partial charge in [0, 0.05) is 31.7 Å². The van der Waals surface area contributed by atoms with Gasteiger partial charge in [-0.25, -0.2) is 13.4 Å². The van der Waals surface area contributed by atoms with E-state index in [1.165, 1.54) is 11.8 Å². The second kappa shape index (κ2) is 4.63. The van der Waals surface area contributed by atoms with E-state index in [0.29, 0.717) is 4.90 Å². The van der Waals surface area contributed by atoms with E-state index in [2.05, 4.69) is 9.88 Å². The van der Waals surface area contributed by atoms with E-state index in [0.717, 1.165) is 30.9 Å². The molecule has 0 unspecified atom stereocenters. The van der Waals surface area contributed by atoms with E-state index < -0.39 is 9.84 Å². The molecule has 0 saturated carbocycles. The van der Waals surface area contributed by atoms with Crippen LogP contribution < -0.4 is 4.90 Å². The summed E-state index contributed by atoms with van der Waals surface area (Å²) in [6.07, 6.45) is 5.82. The monoisotopic (exact) mass is 291 g/mol. The Morgan fingerprint density at radius 2 is 2.15 bits per heavy atom. The smallest absolute Gasteiger partial charge is 0.175 e. The van der Waals surface area contributed by atoms with Gasteiger partial charge in [0.2, 0.25) is 0 Å². The highest BCUT2D eigenvalue weighted by Gasteiger charge is 2.22. The Bertz CT molecular complexity index is 750. The fourth-order valence-corrected chi connectivity index (χ4v) is 3.19. The molecule has 6 heteroatoms. The summed E-state index contributed by atoms with van der Waals surface area (Å²) < 4.78 is 25.3. The van der Waals surface area contributed by atoms with E-state index >= 15 is 0 Å². The zero-order valence-electron chi connectivity index (χ0n) is 11.6. The summed E-state index contributed by atoms with van der Waals surface area (Å²) >= 11 is 0. The first kappa shape index (κ1) is 13.2. The lowest BCUT2D eigenvalue weighted by Crippen LogP contribution is -2.21. The Kier molecular flexibility index (Phi) is 3.05. The number of aromatic nitrogens is 2. The number of benzene rings is 1. The fraction of sp³-hybridized carbons (Fsp3) is 0.357. The quantitative estimate of drug-likeness (QED) is 0.857. The maximum Gasteiger partial charge on any atom is 0.175 e. The molecule has 5 nitrogen and oxygen atoms in total. The van der Waals surface area contributed by atoms with E-state index in [1.54, 1.807) is 18.5 Å². The average Bonchev–Trinajstić information content (AvgIpc) is 2.96. The maximum absolute atomic E-state index is 11.7. The number of anilines is 1. The molecule has 3 rings (SSSR count). The van der Waals surface area contributed by atoms with Crippen molar-refractivity contribution in [2.45, 2.75) is 17.9 Å². The molecule has 1 aromatic carbocycles. The van der Waals surface area contributed by atoms with Crippen LogP contribution in [0.15, 0.2) is 35.6 Å². The van der Waals surface area contributed by atoms with Crippen molar-refractivity contribution in [2.24, 2.45) is 7.05 Å². The number of imidazole rings is 1. The Balaban J connectivity index is 1.95. The van der Waals surface area contributed by atoms with E-state index in [-0.39, 0.29) is 0 Å². The predicted octanol–water partition coefficient (Wildman–Crippen LogP) is 1.39. The lowest BCUT2D eigenvalue weighted by molar-refractivity contribution is 0.602. The molecule has 0 spiro atoms. The molecule has 0 N–H and O–H groups in total. The second-order valence-corrected chi connectivity index (χ2v) is 7.25. The van der Waals surface area contributed by atoms with Gasteiger partial charge in [0.15, 0.2) is 9.84 Å². The lowest BCUT2D eigenvalue weighted by Gasteiger charge is -2.20. The average molecular weight is 291 g/mol. The second-order valence-electron chi connectivity index (χ2n) is 5.23. The highest BCUT2D eigenvalue weighted by atomic mass is 32.2. The van der Waals surface area contributed by atoms with Crippen LogP contribution in [0.3, 0.4) is 0 Å². The number of sulfone groups is 1. The summed E-state index contributed by atoms with van der Waals surface area (Å²) in [6, 6.07) is 5.41. The van der Waals surface area contributed by atoms with Crippen molar-refractivity contribution in [2.75, 3.05) is 17.7 Å². The molecule has 0 amide bonds. The van der Waals surface area contributed by atoms with Crippen molar-refractivity contribution in [3.05, 3.63) is 42.0 Å². The summed E-state index contributed by atoms with van der Waals surface area (Å²) in [4.78, 5) is 6.71. The van der Waals surface area contributed by atoms with Crippen LogP contribution in [0, 0.1) is 0 Å². The number of rotatable bonds is 3. The SMILES string of the molecule is Cn1cncc1CN1CCc2ccc(S(C)(=O)=O)cc21. The molecule has 0 aliphatic carbocycles. The first-order valence-electron chi connectivity index (χ1n) is 6.48. The molecule has 0 atom stereocenters. The van der Waals surface area contributed by atoms with Crippen LogP contribution in [0.1, 0.15) is 11.3 Å². The summed E-state index contributed by atoms with van der Waals surface area (Å²) in [5.74, 6) is 0. The molecule has 2 aromatic rings. The van der Waals surface area contributed by atoms with E-state index in [1.807, 2.05) is 23.9 Å². The van der Waals surface area contributed by atoms with Crippen molar-refractivity contribution in [3.63, 3.8) is 0 Å². The zero-order chi connectivity index (χ0) is 14.3. The highest BCUT2D eigenvalue weighted by molar-refractivity contribution is 7.90. The summed E-state index contributed by atoms with van der Waals surface area (Å²) in [5.41, 5.74) is 3.34. The van der Waals surface area contributed by atoms with Gasteiger partial charge in [-0.2, -0.15) is 0 Å². The normalized spacial score (nSPS) is 14.6. The minimum Gasteiger partial charge on any atom is -0.365 e. The third-order valence-electron chi connectivity index (χ3n) is 3.75. The molecule has 106 valence electrons. The zero-order valence-corrected chi connectivity index (χ0v) is 12.4. The first-order chi connectivity index (χ1) is 9.45. The number of fused-ring (bicyclic) bond motifs is 1. The van der Waals surface area contributed by atoms with Gasteiger partial charge in [0.25, 0.3) is 0 Å². The third-order valence-corrected chi connectivity index (χ3v) is 4.86. The largest absolute Gasteiger partial charge is 0.365 e. The Morgan fingerprint density at radius 1 is 1.35 bits per heavy atom. The first-order valence-corrected chi connectivity index (χ1v) is 8.37. The molecular formula is C14H17N3O2S. The number of hydrogen-bond donors (Lipinski definition) is 0. The molecule has 0 bridgehead atoms. The lowest BCUT2D eigenvalue weighted by atomic mass is 10.2. The van der Waals surface area contributed by atoms with Crippen LogP contribution in [0.25, 0.3) is 0 Å². The van der Waals surface area contributed by atoms with Crippen molar-refractivity contribution < 1.29 is 8.42 Å². The number of nitrogens with zero attached hydrogens (tertiary/aromatic N) is 3. The summed E-state index contributed by atoms with van der Waals surface area (Å²) in [6.45, 7) is 1.66. The minimum absolute atomic E-state index is 0.383. The van der Waals surface area contributed by atoms with Crippen molar-refractivity contribution in [3.8, 4) is 0 Å². The Morgan fingerprint density at radius 3 is 2.80 bits per heavy atom. The molecule has 1 aromatic heterocycles. The molecular weight excluding hydrogens is 274 g/mol. The Labute approximate surface area is 118 Å². The summed E-state index contributed by atoms with van der Waals surface area (Å²) in [5, 5.41) is 0. The van der Waals surface area contributed by atoms with Crippen molar-refractivity contribution in [1.29, 1.82) is 0 Å². The Hall–Kier alpha value is -1.82. The van der Waals surface area contributed by atoms with Crippen LogP contribution in [-0.4, -0.2) is 30.8 Å². The van der Waals surface area contributed by atoms with Crippen molar-refractivity contribution >= 4 is 15.5 Å². The maximum atomic E-state index is 11.7. The van der Waals surface area contributed by atoms with Gasteiger partial charge in [-0.15, -0.1) is 0 Å². The van der Waals surface area contributed by atoms with Gasteiger partial charge in [0.1, 0.15) is 0 Å². The van der Waals surface area contributed by atoms with Crippen LogP contribution in [0.5, 0.6) is 0 Å².